The van der Waals surface area contributed by atoms with Crippen LogP contribution in [-0.4, -0.2) is 40.6 Å². The first-order chi connectivity index (χ1) is 12.5. The number of imidazole rings is 1. The maximum absolute atomic E-state index is 12.9. The Morgan fingerprint density at radius 3 is 2.59 bits per heavy atom. The molecule has 0 amide bonds. The average Bonchev–Trinajstić information content (AvgIpc) is 3.09. The molecule has 27 heavy (non-hydrogen) atoms. The van der Waals surface area contributed by atoms with Gasteiger partial charge in [-0.05, 0) is 31.5 Å². The molecule has 0 saturated heterocycles. The number of nitrogens with one attached hydrogen (secondary N) is 1. The second-order valence-corrected chi connectivity index (χ2v) is 5.63. The molecule has 6 nitrogen and oxygen atoms in total. The summed E-state index contributed by atoms with van der Waals surface area (Å²) in [5.41, 5.74) is 1.09. The van der Waals surface area contributed by atoms with E-state index in [1.807, 2.05) is 50.1 Å². The van der Waals surface area contributed by atoms with Gasteiger partial charge in [-0.25, -0.2) is 9.98 Å². The maximum Gasteiger partial charge on any atom is 0.319 e. The Labute approximate surface area is 175 Å². The Bertz CT molecular complexity index is 706. The summed E-state index contributed by atoms with van der Waals surface area (Å²) in [6, 6.07) is 7.84. The van der Waals surface area contributed by atoms with Gasteiger partial charge in [0.25, 0.3) is 0 Å². The highest BCUT2D eigenvalue weighted by molar-refractivity contribution is 14.0. The van der Waals surface area contributed by atoms with Gasteiger partial charge in [0.15, 0.2) is 5.96 Å². The molecule has 150 valence electrons. The Morgan fingerprint density at radius 2 is 2.00 bits per heavy atom. The first kappa shape index (κ1) is 23.1. The lowest BCUT2D eigenvalue weighted by Crippen LogP contribution is -2.38. The summed E-state index contributed by atoms with van der Waals surface area (Å²) in [5, 5.41) is 3.17. The highest BCUT2D eigenvalue weighted by Gasteiger charge is 2.12. The molecule has 0 unspecified atom stereocenters. The van der Waals surface area contributed by atoms with Crippen molar-refractivity contribution in [3.05, 3.63) is 48.0 Å². The largest absolute Gasteiger partial charge is 0.494 e. The molecule has 2 rings (SSSR count). The lowest BCUT2D eigenvalue weighted by molar-refractivity contribution is 0.0671. The third-order valence-corrected chi connectivity index (χ3v) is 3.68. The zero-order valence-corrected chi connectivity index (χ0v) is 18.1. The van der Waals surface area contributed by atoms with Gasteiger partial charge in [0, 0.05) is 32.5 Å². The molecule has 1 heterocycles. The number of benzene rings is 1. The van der Waals surface area contributed by atoms with Crippen molar-refractivity contribution < 1.29 is 13.5 Å². The number of hydrogen-bond donors (Lipinski definition) is 1. The molecule has 0 spiro atoms. The van der Waals surface area contributed by atoms with Crippen molar-refractivity contribution >= 4 is 29.9 Å². The lowest BCUT2D eigenvalue weighted by atomic mass is 10.2. The van der Waals surface area contributed by atoms with Crippen LogP contribution in [0.2, 0.25) is 0 Å². The van der Waals surface area contributed by atoms with E-state index in [9.17, 15) is 8.78 Å². The number of halogens is 3. The van der Waals surface area contributed by atoms with Crippen LogP contribution in [0.1, 0.15) is 31.8 Å². The van der Waals surface area contributed by atoms with Crippen LogP contribution in [0.15, 0.2) is 41.7 Å². The van der Waals surface area contributed by atoms with Crippen molar-refractivity contribution in [2.45, 2.75) is 33.5 Å². The number of alkyl halides is 2. The maximum atomic E-state index is 12.9. The van der Waals surface area contributed by atoms with E-state index in [2.05, 4.69) is 15.3 Å². The van der Waals surface area contributed by atoms with E-state index in [0.717, 1.165) is 15.9 Å². The van der Waals surface area contributed by atoms with Gasteiger partial charge in [0.05, 0.1) is 6.61 Å². The lowest BCUT2D eigenvalue weighted by Gasteiger charge is -2.22. The molecule has 0 fully saturated rings. The van der Waals surface area contributed by atoms with Gasteiger partial charge in [-0.2, -0.15) is 8.78 Å². The third-order valence-electron chi connectivity index (χ3n) is 3.68. The molecule has 0 atom stereocenters. The van der Waals surface area contributed by atoms with Crippen LogP contribution in [0.25, 0.3) is 0 Å². The zero-order valence-electron chi connectivity index (χ0n) is 15.7. The van der Waals surface area contributed by atoms with Crippen LogP contribution in [0.3, 0.4) is 0 Å². The smallest absolute Gasteiger partial charge is 0.319 e. The van der Waals surface area contributed by atoms with Gasteiger partial charge in [-0.1, -0.05) is 12.1 Å². The first-order valence-electron chi connectivity index (χ1n) is 8.56. The SMILES string of the molecule is CCNC(=NCc1nccn1C(F)F)N(C)Cc1ccc(OCC)cc1.I. The summed E-state index contributed by atoms with van der Waals surface area (Å²) < 4.78 is 32.1. The number of ether oxygens (including phenoxy) is 1. The van der Waals surface area contributed by atoms with E-state index < -0.39 is 6.55 Å². The van der Waals surface area contributed by atoms with Crippen molar-refractivity contribution in [2.75, 3.05) is 20.2 Å². The van der Waals surface area contributed by atoms with Crippen LogP contribution < -0.4 is 10.1 Å². The molecule has 2 aromatic rings. The predicted molar refractivity (Wildman–Crippen MR) is 113 cm³/mol. The number of aliphatic imine (C=N–C) groups is 1. The summed E-state index contributed by atoms with van der Waals surface area (Å²) >= 11 is 0. The second kappa shape index (κ2) is 11.7. The van der Waals surface area contributed by atoms with Gasteiger partial charge >= 0.3 is 6.55 Å². The van der Waals surface area contributed by atoms with E-state index in [0.29, 0.717) is 25.7 Å². The van der Waals surface area contributed by atoms with Crippen LogP contribution in [0, 0.1) is 0 Å². The highest BCUT2D eigenvalue weighted by atomic mass is 127. The number of rotatable bonds is 8. The number of aromatic nitrogens is 2. The minimum Gasteiger partial charge on any atom is -0.494 e. The van der Waals surface area contributed by atoms with Crippen molar-refractivity contribution in [1.82, 2.24) is 19.8 Å². The molecule has 0 bridgehead atoms. The standard InChI is InChI=1S/C18H25F2N5O.HI/c1-4-21-18(23-12-16-22-10-11-25(16)17(19)20)24(3)13-14-6-8-15(9-7-14)26-5-2;/h6-11,17H,4-5,12-13H2,1-3H3,(H,21,23);1H. The third kappa shape index (κ3) is 6.96. The number of nitrogens with zero attached hydrogens (tertiary/aromatic N) is 4. The van der Waals surface area contributed by atoms with E-state index in [4.69, 9.17) is 4.74 Å². The van der Waals surface area contributed by atoms with Gasteiger partial charge in [-0.15, -0.1) is 24.0 Å². The van der Waals surface area contributed by atoms with Gasteiger partial charge in [0.1, 0.15) is 18.1 Å². The zero-order chi connectivity index (χ0) is 18.9. The van der Waals surface area contributed by atoms with Gasteiger partial charge < -0.3 is 15.0 Å². The van der Waals surface area contributed by atoms with Crippen LogP contribution in [-0.2, 0) is 13.1 Å². The van der Waals surface area contributed by atoms with Crippen LogP contribution >= 0.6 is 24.0 Å². The van der Waals surface area contributed by atoms with E-state index in [-0.39, 0.29) is 36.3 Å². The average molecular weight is 493 g/mol. The molecule has 0 aliphatic heterocycles. The Kier molecular flexibility index (Phi) is 10.0. The highest BCUT2D eigenvalue weighted by Crippen LogP contribution is 2.14. The number of hydrogen-bond acceptors (Lipinski definition) is 3. The molecular weight excluding hydrogens is 467 g/mol. The van der Waals surface area contributed by atoms with Crippen LogP contribution in [0.4, 0.5) is 8.78 Å². The summed E-state index contributed by atoms with van der Waals surface area (Å²) in [6.07, 6.45) is 2.61. The fraction of sp³-hybridized carbons (Fsp3) is 0.444. The summed E-state index contributed by atoms with van der Waals surface area (Å²) in [6.45, 7) is 3.29. The minimum atomic E-state index is -2.62. The summed E-state index contributed by atoms with van der Waals surface area (Å²) in [5.74, 6) is 1.69. The molecular formula is C18H26F2IN5O. The fourth-order valence-corrected chi connectivity index (χ4v) is 2.47. The van der Waals surface area contributed by atoms with E-state index in [1.54, 1.807) is 0 Å². The van der Waals surface area contributed by atoms with E-state index in [1.165, 1.54) is 12.4 Å². The quantitative estimate of drug-likeness (QED) is 0.345. The first-order valence-corrected chi connectivity index (χ1v) is 8.56. The Hall–Kier alpha value is -1.91. The van der Waals surface area contributed by atoms with Crippen molar-refractivity contribution in [3.63, 3.8) is 0 Å². The minimum absolute atomic E-state index is 0. The van der Waals surface area contributed by atoms with Gasteiger partial charge in [-0.3, -0.25) is 4.57 Å². The molecule has 1 aromatic heterocycles. The Balaban J connectivity index is 0.00000364. The predicted octanol–water partition coefficient (Wildman–Crippen LogP) is 3.89. The molecule has 0 aliphatic carbocycles. The van der Waals surface area contributed by atoms with E-state index >= 15 is 0 Å². The monoisotopic (exact) mass is 493 g/mol. The molecule has 9 heteroatoms. The molecule has 0 aliphatic rings. The molecule has 1 N–H and O–H groups in total. The van der Waals surface area contributed by atoms with Crippen molar-refractivity contribution in [3.8, 4) is 5.75 Å². The fourth-order valence-electron chi connectivity index (χ4n) is 2.47. The topological polar surface area (TPSA) is 54.7 Å². The second-order valence-electron chi connectivity index (χ2n) is 5.63. The number of guanidine groups is 1. The summed E-state index contributed by atoms with van der Waals surface area (Å²) in [7, 11) is 1.90. The van der Waals surface area contributed by atoms with Crippen molar-refractivity contribution in [2.24, 2.45) is 4.99 Å². The molecule has 0 saturated carbocycles. The normalized spacial score (nSPS) is 11.3. The summed E-state index contributed by atoms with van der Waals surface area (Å²) in [4.78, 5) is 10.3. The molecule has 1 aromatic carbocycles. The molecule has 0 radical (unpaired) electrons. The van der Waals surface area contributed by atoms with Crippen molar-refractivity contribution in [1.29, 1.82) is 0 Å². The van der Waals surface area contributed by atoms with Gasteiger partial charge in [0.2, 0.25) is 0 Å². The van der Waals surface area contributed by atoms with Crippen LogP contribution in [0.5, 0.6) is 5.75 Å². The Morgan fingerprint density at radius 1 is 1.30 bits per heavy atom.